The van der Waals surface area contributed by atoms with E-state index in [4.69, 9.17) is 26.8 Å². The average molecular weight is 506 g/mol. The van der Waals surface area contributed by atoms with Crippen molar-refractivity contribution < 1.29 is 24.6 Å². The van der Waals surface area contributed by atoms with Crippen molar-refractivity contribution >= 4 is 34.3 Å². The second-order valence-electron chi connectivity index (χ2n) is 9.62. The molecule has 188 valence electrons. The van der Waals surface area contributed by atoms with Crippen LogP contribution in [0, 0.1) is 15.5 Å². The molecule has 1 unspecified atom stereocenters. The van der Waals surface area contributed by atoms with Crippen molar-refractivity contribution in [2.45, 2.75) is 58.3 Å². The predicted octanol–water partition coefficient (Wildman–Crippen LogP) is 3.52. The van der Waals surface area contributed by atoms with Crippen molar-refractivity contribution in [3.05, 3.63) is 56.9 Å². The number of aliphatic hydroxyl groups excluding tert-OH is 2. The first-order chi connectivity index (χ1) is 16.5. The monoisotopic (exact) mass is 505 g/mol. The maximum Gasteiger partial charge on any atom is 0.275 e. The van der Waals surface area contributed by atoms with Crippen LogP contribution in [0.3, 0.4) is 0 Å². The molecule has 35 heavy (non-hydrogen) atoms. The summed E-state index contributed by atoms with van der Waals surface area (Å²) in [7, 11) is 0. The molecule has 0 saturated carbocycles. The maximum atomic E-state index is 11.7. The Labute approximate surface area is 206 Å². The summed E-state index contributed by atoms with van der Waals surface area (Å²) in [6.07, 6.45) is -0.827. The van der Waals surface area contributed by atoms with Gasteiger partial charge in [0.15, 0.2) is 0 Å². The molecule has 1 aliphatic heterocycles. The molecule has 4 atom stereocenters. The fourth-order valence-electron chi connectivity index (χ4n) is 4.43. The van der Waals surface area contributed by atoms with Gasteiger partial charge < -0.3 is 30.0 Å². The van der Waals surface area contributed by atoms with E-state index in [1.54, 1.807) is 29.0 Å². The van der Waals surface area contributed by atoms with Crippen LogP contribution in [0.5, 0.6) is 0 Å². The van der Waals surface area contributed by atoms with Crippen molar-refractivity contribution in [1.82, 2.24) is 14.5 Å². The van der Waals surface area contributed by atoms with E-state index in [0.29, 0.717) is 22.2 Å². The summed E-state index contributed by atoms with van der Waals surface area (Å²) < 4.78 is 13.8. The van der Waals surface area contributed by atoms with Gasteiger partial charge in [-0.25, -0.2) is 4.98 Å². The van der Waals surface area contributed by atoms with E-state index in [0.717, 1.165) is 0 Å². The van der Waals surface area contributed by atoms with Crippen LogP contribution in [-0.2, 0) is 16.1 Å². The Bertz CT molecular complexity index is 1240. The highest BCUT2D eigenvalue weighted by Crippen LogP contribution is 2.42. The number of nitro benzene ring substituents is 1. The lowest BCUT2D eigenvalue weighted by molar-refractivity contribution is -0.386. The van der Waals surface area contributed by atoms with Crippen molar-refractivity contribution in [3.63, 3.8) is 0 Å². The Hall–Kier alpha value is -2.83. The molecule has 0 spiro atoms. The molecule has 1 fully saturated rings. The summed E-state index contributed by atoms with van der Waals surface area (Å²) >= 11 is 6.44. The number of benzene rings is 1. The van der Waals surface area contributed by atoms with Gasteiger partial charge in [0.2, 0.25) is 5.95 Å². The number of nitrogens with two attached hydrogens (primary N) is 1. The van der Waals surface area contributed by atoms with Crippen LogP contribution in [-0.4, -0.2) is 48.5 Å². The number of aromatic nitrogens is 3. The molecule has 3 heterocycles. The second kappa shape index (κ2) is 9.67. The minimum atomic E-state index is -0.847. The number of halogens is 1. The molecule has 1 aliphatic rings. The molecule has 4 N–H and O–H groups in total. The molecule has 2 aromatic heterocycles. The Kier molecular flexibility index (Phi) is 6.98. The molecule has 0 aliphatic carbocycles. The SMILES string of the molecule is CC(C)(C)C(OCc1cn([C@H]2C[C@@H](O)[C@@H](CO)O2)c2nc(N)nc(Cl)c12)c1ccccc1[N+](=O)[O-]. The van der Waals surface area contributed by atoms with Crippen LogP contribution in [0.1, 0.15) is 50.7 Å². The number of ether oxygens (including phenoxy) is 2. The highest BCUT2D eigenvalue weighted by Gasteiger charge is 2.37. The van der Waals surface area contributed by atoms with Gasteiger partial charge in [0.1, 0.15) is 23.1 Å². The van der Waals surface area contributed by atoms with Gasteiger partial charge in [0.25, 0.3) is 5.69 Å². The molecule has 0 bridgehead atoms. The minimum absolute atomic E-state index is 0.0209. The van der Waals surface area contributed by atoms with E-state index in [-0.39, 0.29) is 36.4 Å². The first kappa shape index (κ1) is 25.3. The molecule has 12 heteroatoms. The molecule has 1 saturated heterocycles. The van der Waals surface area contributed by atoms with E-state index < -0.39 is 34.9 Å². The average Bonchev–Trinajstić information content (AvgIpc) is 3.33. The Balaban J connectivity index is 1.73. The van der Waals surface area contributed by atoms with Crippen LogP contribution in [0.2, 0.25) is 5.15 Å². The van der Waals surface area contributed by atoms with Crippen molar-refractivity contribution in [2.75, 3.05) is 12.3 Å². The third-order valence-corrected chi connectivity index (χ3v) is 6.30. The number of anilines is 1. The Morgan fingerprint density at radius 1 is 1.37 bits per heavy atom. The van der Waals surface area contributed by atoms with Gasteiger partial charge >= 0.3 is 0 Å². The standard InChI is InChI=1S/C23H28ClN5O6/c1-23(2,3)19(13-6-4-5-7-14(13)29(32)33)34-11-12-9-28(17-8-15(31)16(10-30)35-17)21-18(12)20(24)26-22(25)27-21/h4-7,9,15-17,19,30-31H,8,10-11H2,1-3H3,(H2,25,26,27)/t15-,16-,17-,19?/m1/s1. The van der Waals surface area contributed by atoms with Gasteiger partial charge in [-0.1, -0.05) is 44.5 Å². The summed E-state index contributed by atoms with van der Waals surface area (Å²) in [6.45, 7) is 5.54. The molecular formula is C23H28ClN5O6. The summed E-state index contributed by atoms with van der Waals surface area (Å²) in [5, 5.41) is 32.0. The molecule has 1 aromatic carbocycles. The predicted molar refractivity (Wildman–Crippen MR) is 129 cm³/mol. The van der Waals surface area contributed by atoms with Gasteiger partial charge in [-0.05, 0) is 11.5 Å². The van der Waals surface area contributed by atoms with Crippen LogP contribution in [0.4, 0.5) is 11.6 Å². The lowest BCUT2D eigenvalue weighted by Gasteiger charge is -2.30. The van der Waals surface area contributed by atoms with Crippen LogP contribution >= 0.6 is 11.6 Å². The minimum Gasteiger partial charge on any atom is -0.394 e. The number of nitrogens with zero attached hydrogens (tertiary/aromatic N) is 4. The van der Waals surface area contributed by atoms with Crippen molar-refractivity contribution in [1.29, 1.82) is 0 Å². The van der Waals surface area contributed by atoms with Gasteiger partial charge in [-0.2, -0.15) is 4.98 Å². The van der Waals surface area contributed by atoms with Crippen LogP contribution in [0.15, 0.2) is 30.5 Å². The van der Waals surface area contributed by atoms with E-state index in [1.807, 2.05) is 20.8 Å². The fourth-order valence-corrected chi connectivity index (χ4v) is 4.72. The summed E-state index contributed by atoms with van der Waals surface area (Å²) in [6, 6.07) is 6.50. The van der Waals surface area contributed by atoms with Gasteiger partial charge in [-0.3, -0.25) is 10.1 Å². The lowest BCUT2D eigenvalue weighted by atomic mass is 9.84. The normalized spacial score (nSPS) is 21.5. The number of nitro groups is 1. The van der Waals surface area contributed by atoms with Gasteiger partial charge in [-0.15, -0.1) is 0 Å². The zero-order chi connectivity index (χ0) is 25.5. The number of nitrogen functional groups attached to an aromatic ring is 1. The zero-order valence-electron chi connectivity index (χ0n) is 19.6. The van der Waals surface area contributed by atoms with Gasteiger partial charge in [0, 0.05) is 24.2 Å². The Morgan fingerprint density at radius 3 is 2.71 bits per heavy atom. The smallest absolute Gasteiger partial charge is 0.275 e. The number of fused-ring (bicyclic) bond motifs is 1. The maximum absolute atomic E-state index is 11.7. The van der Waals surface area contributed by atoms with Crippen molar-refractivity contribution in [3.8, 4) is 0 Å². The third-order valence-electron chi connectivity index (χ3n) is 6.03. The number of rotatable bonds is 7. The van der Waals surface area contributed by atoms with Crippen molar-refractivity contribution in [2.24, 2.45) is 5.41 Å². The quantitative estimate of drug-likeness (QED) is 0.248. The molecule has 3 aromatic rings. The highest BCUT2D eigenvalue weighted by molar-refractivity contribution is 6.34. The number of hydrogen-bond acceptors (Lipinski definition) is 9. The summed E-state index contributed by atoms with van der Waals surface area (Å²) in [5.41, 5.74) is 6.84. The molecule has 4 rings (SSSR count). The topological polar surface area (TPSA) is 159 Å². The number of aliphatic hydroxyl groups is 2. The van der Waals surface area contributed by atoms with Crippen LogP contribution in [0.25, 0.3) is 11.0 Å². The van der Waals surface area contributed by atoms with E-state index in [2.05, 4.69) is 9.97 Å². The molecular weight excluding hydrogens is 478 g/mol. The molecule has 11 nitrogen and oxygen atoms in total. The summed E-state index contributed by atoms with van der Waals surface area (Å²) in [5.74, 6) is -0.0287. The van der Waals surface area contributed by atoms with E-state index in [1.165, 1.54) is 6.07 Å². The van der Waals surface area contributed by atoms with Crippen LogP contribution < -0.4 is 5.73 Å². The zero-order valence-corrected chi connectivity index (χ0v) is 20.3. The lowest BCUT2D eigenvalue weighted by Crippen LogP contribution is -2.24. The molecule has 0 radical (unpaired) electrons. The largest absolute Gasteiger partial charge is 0.394 e. The highest BCUT2D eigenvalue weighted by atomic mass is 35.5. The third kappa shape index (κ3) is 4.95. The molecule has 0 amide bonds. The summed E-state index contributed by atoms with van der Waals surface area (Å²) in [4.78, 5) is 19.6. The van der Waals surface area contributed by atoms with E-state index >= 15 is 0 Å². The number of hydrogen-bond donors (Lipinski definition) is 3. The van der Waals surface area contributed by atoms with Gasteiger partial charge in [0.05, 0.1) is 41.3 Å². The second-order valence-corrected chi connectivity index (χ2v) is 9.98. The Morgan fingerprint density at radius 2 is 2.09 bits per heavy atom. The first-order valence-corrected chi connectivity index (χ1v) is 11.5. The number of para-hydroxylation sites is 1. The first-order valence-electron chi connectivity index (χ1n) is 11.1. The van der Waals surface area contributed by atoms with E-state index in [9.17, 15) is 20.3 Å². The fraction of sp³-hybridized carbons (Fsp3) is 0.478.